The average Bonchev–Trinajstić information content (AvgIpc) is 2.62. The van der Waals surface area contributed by atoms with Crippen LogP contribution in [0.2, 0.25) is 0 Å². The second kappa shape index (κ2) is 11.9. The van der Waals surface area contributed by atoms with Crippen LogP contribution in [-0.4, -0.2) is 19.6 Å². The first-order chi connectivity index (χ1) is 11.7. The van der Waals surface area contributed by atoms with Crippen molar-refractivity contribution < 1.29 is 4.74 Å². The van der Waals surface area contributed by atoms with Crippen molar-refractivity contribution in [1.29, 1.82) is 0 Å². The molecule has 0 spiro atoms. The molecule has 0 saturated carbocycles. The number of ether oxygens (including phenoxy) is 1. The first kappa shape index (κ1) is 21.4. The molecule has 0 saturated heterocycles. The van der Waals surface area contributed by atoms with Crippen molar-refractivity contribution >= 4 is 29.9 Å². The highest BCUT2D eigenvalue weighted by Gasteiger charge is 2.04. The minimum atomic E-state index is 0. The summed E-state index contributed by atoms with van der Waals surface area (Å²) >= 11 is 0. The number of halogens is 1. The molecule has 5 heteroatoms. The van der Waals surface area contributed by atoms with Crippen molar-refractivity contribution in [2.45, 2.75) is 33.5 Å². The molecular formula is C20H28IN3O. The monoisotopic (exact) mass is 453 g/mol. The zero-order valence-electron chi connectivity index (χ0n) is 15.2. The van der Waals surface area contributed by atoms with Crippen molar-refractivity contribution in [3.05, 3.63) is 70.8 Å². The molecule has 4 nitrogen and oxygen atoms in total. The van der Waals surface area contributed by atoms with E-state index in [-0.39, 0.29) is 24.0 Å². The van der Waals surface area contributed by atoms with Gasteiger partial charge in [-0.1, -0.05) is 48.5 Å². The fourth-order valence-corrected chi connectivity index (χ4v) is 2.47. The van der Waals surface area contributed by atoms with Crippen LogP contribution in [0.5, 0.6) is 0 Å². The van der Waals surface area contributed by atoms with Crippen LogP contribution in [0.3, 0.4) is 0 Å². The number of hydrogen-bond donors (Lipinski definition) is 2. The standard InChI is InChI=1S/C20H27N3O.HI/c1-4-24-15-19-12-8-7-11-18(19)14-23-20(21-3)22-13-17-10-6-5-9-16(17)2;/h5-12H,4,13-15H2,1-3H3,(H2,21,22,23);1H. The van der Waals surface area contributed by atoms with Crippen molar-refractivity contribution in [1.82, 2.24) is 10.6 Å². The van der Waals surface area contributed by atoms with Gasteiger partial charge in [0.15, 0.2) is 5.96 Å². The Bertz CT molecular complexity index is 673. The lowest BCUT2D eigenvalue weighted by atomic mass is 10.1. The molecule has 0 unspecified atom stereocenters. The van der Waals surface area contributed by atoms with E-state index in [0.29, 0.717) is 6.61 Å². The van der Waals surface area contributed by atoms with Crippen LogP contribution in [0.25, 0.3) is 0 Å². The number of aryl methyl sites for hydroxylation is 1. The van der Waals surface area contributed by atoms with Gasteiger partial charge in [-0.3, -0.25) is 4.99 Å². The zero-order chi connectivity index (χ0) is 17.2. The van der Waals surface area contributed by atoms with Crippen LogP contribution in [0, 0.1) is 6.92 Å². The number of hydrogen-bond acceptors (Lipinski definition) is 2. The molecule has 2 aromatic carbocycles. The third-order valence-corrected chi connectivity index (χ3v) is 3.96. The van der Waals surface area contributed by atoms with Gasteiger partial charge in [-0.15, -0.1) is 24.0 Å². The first-order valence-electron chi connectivity index (χ1n) is 8.38. The van der Waals surface area contributed by atoms with Gasteiger partial charge in [0.25, 0.3) is 0 Å². The minimum Gasteiger partial charge on any atom is -0.377 e. The fraction of sp³-hybridized carbons (Fsp3) is 0.350. The number of benzene rings is 2. The minimum absolute atomic E-state index is 0. The Labute approximate surface area is 168 Å². The summed E-state index contributed by atoms with van der Waals surface area (Å²) in [5.74, 6) is 0.796. The average molecular weight is 453 g/mol. The van der Waals surface area contributed by atoms with E-state index in [1.807, 2.05) is 13.0 Å². The predicted octanol–water partition coefficient (Wildman–Crippen LogP) is 4.01. The van der Waals surface area contributed by atoms with Gasteiger partial charge >= 0.3 is 0 Å². The summed E-state index contributed by atoms with van der Waals surface area (Å²) < 4.78 is 5.54. The summed E-state index contributed by atoms with van der Waals surface area (Å²) in [6.07, 6.45) is 0. The van der Waals surface area contributed by atoms with Gasteiger partial charge in [-0.25, -0.2) is 0 Å². The summed E-state index contributed by atoms with van der Waals surface area (Å²) in [5.41, 5.74) is 4.99. The van der Waals surface area contributed by atoms with E-state index < -0.39 is 0 Å². The molecule has 2 rings (SSSR count). The van der Waals surface area contributed by atoms with E-state index in [4.69, 9.17) is 4.74 Å². The molecular weight excluding hydrogens is 425 g/mol. The van der Waals surface area contributed by atoms with E-state index >= 15 is 0 Å². The first-order valence-corrected chi connectivity index (χ1v) is 8.38. The summed E-state index contributed by atoms with van der Waals surface area (Å²) in [6.45, 7) is 6.98. The molecule has 0 fully saturated rings. The zero-order valence-corrected chi connectivity index (χ0v) is 17.5. The molecule has 136 valence electrons. The largest absolute Gasteiger partial charge is 0.377 e. The third kappa shape index (κ3) is 7.04. The second-order valence-electron chi connectivity index (χ2n) is 5.61. The number of guanidine groups is 1. The van der Waals surface area contributed by atoms with Crippen LogP contribution < -0.4 is 10.6 Å². The maximum atomic E-state index is 5.54. The van der Waals surface area contributed by atoms with Crippen LogP contribution >= 0.6 is 24.0 Å². The van der Waals surface area contributed by atoms with Gasteiger partial charge in [-0.05, 0) is 36.1 Å². The van der Waals surface area contributed by atoms with Crippen LogP contribution in [0.4, 0.5) is 0 Å². The quantitative estimate of drug-likeness (QED) is 0.378. The number of nitrogens with zero attached hydrogens (tertiary/aromatic N) is 1. The second-order valence-corrected chi connectivity index (χ2v) is 5.61. The highest BCUT2D eigenvalue weighted by atomic mass is 127. The smallest absolute Gasteiger partial charge is 0.191 e. The van der Waals surface area contributed by atoms with Crippen LogP contribution in [-0.2, 0) is 24.4 Å². The van der Waals surface area contributed by atoms with Crippen molar-refractivity contribution in [3.8, 4) is 0 Å². The fourth-order valence-electron chi connectivity index (χ4n) is 2.47. The highest BCUT2D eigenvalue weighted by Crippen LogP contribution is 2.10. The topological polar surface area (TPSA) is 45.6 Å². The van der Waals surface area contributed by atoms with Gasteiger partial charge in [0.1, 0.15) is 0 Å². The summed E-state index contributed by atoms with van der Waals surface area (Å²) in [4.78, 5) is 4.30. The number of nitrogens with one attached hydrogen (secondary N) is 2. The third-order valence-electron chi connectivity index (χ3n) is 3.96. The van der Waals surface area contributed by atoms with E-state index in [9.17, 15) is 0 Å². The summed E-state index contributed by atoms with van der Waals surface area (Å²) in [5, 5.41) is 6.74. The Balaban J connectivity index is 0.00000312. The molecule has 2 N–H and O–H groups in total. The van der Waals surface area contributed by atoms with Gasteiger partial charge in [0, 0.05) is 26.7 Å². The Morgan fingerprint density at radius 3 is 2.08 bits per heavy atom. The van der Waals surface area contributed by atoms with Gasteiger partial charge in [0.05, 0.1) is 6.61 Å². The molecule has 0 radical (unpaired) electrons. The molecule has 0 aliphatic heterocycles. The summed E-state index contributed by atoms with van der Waals surface area (Å²) in [6, 6.07) is 16.7. The van der Waals surface area contributed by atoms with Gasteiger partial charge < -0.3 is 15.4 Å². The molecule has 0 aliphatic carbocycles. The lowest BCUT2D eigenvalue weighted by molar-refractivity contribution is 0.133. The van der Waals surface area contributed by atoms with Crippen LogP contribution in [0.15, 0.2) is 53.5 Å². The normalized spacial score (nSPS) is 10.9. The predicted molar refractivity (Wildman–Crippen MR) is 115 cm³/mol. The van der Waals surface area contributed by atoms with E-state index in [1.54, 1.807) is 7.05 Å². The summed E-state index contributed by atoms with van der Waals surface area (Å²) in [7, 11) is 1.79. The van der Waals surface area contributed by atoms with Gasteiger partial charge in [-0.2, -0.15) is 0 Å². The SMILES string of the molecule is CCOCc1ccccc1CNC(=NC)NCc1ccccc1C.I. The Morgan fingerprint density at radius 1 is 0.920 bits per heavy atom. The molecule has 2 aromatic rings. The molecule has 0 atom stereocenters. The molecule has 0 aromatic heterocycles. The molecule has 0 bridgehead atoms. The van der Waals surface area contributed by atoms with Crippen molar-refractivity contribution in [2.75, 3.05) is 13.7 Å². The van der Waals surface area contributed by atoms with Crippen molar-refractivity contribution in [3.63, 3.8) is 0 Å². The maximum absolute atomic E-state index is 5.54. The van der Waals surface area contributed by atoms with E-state index in [1.165, 1.54) is 22.3 Å². The molecule has 0 heterocycles. The Morgan fingerprint density at radius 2 is 1.48 bits per heavy atom. The molecule has 0 amide bonds. The molecule has 25 heavy (non-hydrogen) atoms. The molecule has 0 aliphatic rings. The lowest BCUT2D eigenvalue weighted by Gasteiger charge is -2.15. The van der Waals surface area contributed by atoms with E-state index in [2.05, 4.69) is 65.0 Å². The van der Waals surface area contributed by atoms with Gasteiger partial charge in [0.2, 0.25) is 0 Å². The lowest BCUT2D eigenvalue weighted by Crippen LogP contribution is -2.36. The van der Waals surface area contributed by atoms with Crippen molar-refractivity contribution in [2.24, 2.45) is 4.99 Å². The van der Waals surface area contributed by atoms with E-state index in [0.717, 1.165) is 25.7 Å². The Hall–Kier alpha value is -1.60. The number of aliphatic imine (C=N–C) groups is 1. The highest BCUT2D eigenvalue weighted by molar-refractivity contribution is 14.0. The number of rotatable bonds is 7. The maximum Gasteiger partial charge on any atom is 0.191 e. The Kier molecular flexibility index (Phi) is 10.2. The van der Waals surface area contributed by atoms with Crippen LogP contribution in [0.1, 0.15) is 29.2 Å².